The summed E-state index contributed by atoms with van der Waals surface area (Å²) in [5.74, 6) is 0.491. The minimum absolute atomic E-state index is 0.0571. The molecule has 0 spiro atoms. The van der Waals surface area contributed by atoms with Gasteiger partial charge in [-0.2, -0.15) is 0 Å². The lowest BCUT2D eigenvalue weighted by molar-refractivity contribution is -0.122. The smallest absolute Gasteiger partial charge is 0.265 e. The fraction of sp³-hybridized carbons (Fsp3) is 0.364. The van der Waals surface area contributed by atoms with Crippen LogP contribution in [0.2, 0.25) is 0 Å². The van der Waals surface area contributed by atoms with Crippen LogP contribution in [0, 0.1) is 0 Å². The minimum atomic E-state index is -0.732. The third-order valence-electron chi connectivity index (χ3n) is 4.26. The van der Waals surface area contributed by atoms with Crippen LogP contribution >= 0.6 is 0 Å². The highest BCUT2D eigenvalue weighted by molar-refractivity contribution is 5.95. The Hall–Kier alpha value is -2.82. The summed E-state index contributed by atoms with van der Waals surface area (Å²) >= 11 is 0. The van der Waals surface area contributed by atoms with E-state index in [2.05, 4.69) is 26.1 Å². The zero-order valence-corrected chi connectivity index (χ0v) is 16.8. The van der Waals surface area contributed by atoms with Crippen LogP contribution < -0.4 is 14.8 Å². The van der Waals surface area contributed by atoms with Crippen LogP contribution in [0.5, 0.6) is 11.5 Å². The molecule has 27 heavy (non-hydrogen) atoms. The van der Waals surface area contributed by atoms with Crippen molar-refractivity contribution in [2.45, 2.75) is 46.1 Å². The van der Waals surface area contributed by atoms with Gasteiger partial charge in [0, 0.05) is 11.3 Å². The Kier molecular flexibility index (Phi) is 6.26. The van der Waals surface area contributed by atoms with Gasteiger partial charge in [0.1, 0.15) is 0 Å². The Morgan fingerprint density at radius 2 is 1.63 bits per heavy atom. The van der Waals surface area contributed by atoms with Gasteiger partial charge in [0.15, 0.2) is 23.4 Å². The van der Waals surface area contributed by atoms with Gasteiger partial charge in [-0.3, -0.25) is 9.59 Å². The van der Waals surface area contributed by atoms with E-state index in [-0.39, 0.29) is 17.1 Å². The number of nitrogens with one attached hydrogen (secondary N) is 1. The Morgan fingerprint density at radius 3 is 2.15 bits per heavy atom. The topological polar surface area (TPSA) is 64.6 Å². The highest BCUT2D eigenvalue weighted by Crippen LogP contribution is 2.29. The first kappa shape index (κ1) is 20.5. The van der Waals surface area contributed by atoms with Gasteiger partial charge >= 0.3 is 0 Å². The minimum Gasteiger partial charge on any atom is -0.493 e. The molecule has 1 amide bonds. The summed E-state index contributed by atoms with van der Waals surface area (Å²) in [7, 11) is 1.49. The van der Waals surface area contributed by atoms with Crippen LogP contribution in [0.3, 0.4) is 0 Å². The molecule has 2 aromatic carbocycles. The highest BCUT2D eigenvalue weighted by Gasteiger charge is 2.18. The molecule has 2 rings (SSSR count). The number of amides is 1. The second-order valence-electron chi connectivity index (χ2n) is 7.50. The van der Waals surface area contributed by atoms with E-state index in [0.29, 0.717) is 22.7 Å². The highest BCUT2D eigenvalue weighted by atomic mass is 16.5. The number of Topliss-reactive ketones (excluding diaryl/α,β-unsaturated/α-hetero) is 1. The van der Waals surface area contributed by atoms with Crippen molar-refractivity contribution in [3.63, 3.8) is 0 Å². The standard InChI is InChI=1S/C22H27NO4/c1-14(24)16-7-12-19(20(13-16)26-6)27-15(2)21(25)23-18-10-8-17(9-11-18)22(3,4)5/h7-13,15H,1-6H3,(H,23,25). The number of benzene rings is 2. The summed E-state index contributed by atoms with van der Waals surface area (Å²) in [4.78, 5) is 23.9. The number of methoxy groups -OCH3 is 1. The second kappa shape index (κ2) is 8.25. The number of rotatable bonds is 6. The average Bonchev–Trinajstić information content (AvgIpc) is 2.61. The Labute approximate surface area is 160 Å². The van der Waals surface area contributed by atoms with E-state index >= 15 is 0 Å². The number of hydrogen-bond donors (Lipinski definition) is 1. The molecule has 0 saturated heterocycles. The zero-order chi connectivity index (χ0) is 20.2. The van der Waals surface area contributed by atoms with Gasteiger partial charge in [-0.05, 0) is 55.2 Å². The summed E-state index contributed by atoms with van der Waals surface area (Å²) in [5.41, 5.74) is 2.49. The predicted molar refractivity (Wildman–Crippen MR) is 107 cm³/mol. The third kappa shape index (κ3) is 5.33. The molecule has 0 heterocycles. The van der Waals surface area contributed by atoms with Gasteiger partial charge in [-0.15, -0.1) is 0 Å². The van der Waals surface area contributed by atoms with Gasteiger partial charge in [-0.1, -0.05) is 32.9 Å². The molecule has 0 aliphatic carbocycles. The second-order valence-corrected chi connectivity index (χ2v) is 7.50. The van der Waals surface area contributed by atoms with Crippen LogP contribution in [-0.2, 0) is 10.2 Å². The lowest BCUT2D eigenvalue weighted by atomic mass is 9.87. The Balaban J connectivity index is 2.06. The molecule has 0 fully saturated rings. The van der Waals surface area contributed by atoms with E-state index in [9.17, 15) is 9.59 Å². The van der Waals surface area contributed by atoms with Gasteiger partial charge in [-0.25, -0.2) is 0 Å². The lowest BCUT2D eigenvalue weighted by Gasteiger charge is -2.20. The summed E-state index contributed by atoms with van der Waals surface area (Å²) in [6, 6.07) is 12.7. The molecule has 0 bridgehead atoms. The van der Waals surface area contributed by atoms with E-state index < -0.39 is 6.10 Å². The maximum atomic E-state index is 12.4. The van der Waals surface area contributed by atoms with Crippen molar-refractivity contribution < 1.29 is 19.1 Å². The number of ether oxygens (including phenoxy) is 2. The molecule has 5 nitrogen and oxygen atoms in total. The first-order chi connectivity index (χ1) is 12.6. The molecule has 0 radical (unpaired) electrons. The fourth-order valence-corrected chi connectivity index (χ4v) is 2.53. The monoisotopic (exact) mass is 369 g/mol. The average molecular weight is 369 g/mol. The van der Waals surface area contributed by atoms with E-state index in [1.165, 1.54) is 19.6 Å². The molecular weight excluding hydrogens is 342 g/mol. The molecule has 0 aliphatic rings. The van der Waals surface area contributed by atoms with Gasteiger partial charge in [0.25, 0.3) is 5.91 Å². The normalized spacial score (nSPS) is 12.2. The van der Waals surface area contributed by atoms with Gasteiger partial charge in [0.05, 0.1) is 7.11 Å². The van der Waals surface area contributed by atoms with Crippen molar-refractivity contribution in [3.05, 3.63) is 53.6 Å². The van der Waals surface area contributed by atoms with Crippen LogP contribution in [0.1, 0.15) is 50.5 Å². The van der Waals surface area contributed by atoms with Crippen molar-refractivity contribution in [2.24, 2.45) is 0 Å². The predicted octanol–water partition coefficient (Wildman–Crippen LogP) is 4.60. The van der Waals surface area contributed by atoms with E-state index in [4.69, 9.17) is 9.47 Å². The molecule has 0 aromatic heterocycles. The molecule has 0 aliphatic heterocycles. The first-order valence-corrected chi connectivity index (χ1v) is 8.89. The van der Waals surface area contributed by atoms with Crippen molar-refractivity contribution in [1.82, 2.24) is 0 Å². The van der Waals surface area contributed by atoms with Crippen molar-refractivity contribution >= 4 is 17.4 Å². The number of carbonyl (C=O) groups excluding carboxylic acids is 2. The molecule has 0 saturated carbocycles. The van der Waals surface area contributed by atoms with Crippen molar-refractivity contribution in [2.75, 3.05) is 12.4 Å². The molecule has 1 N–H and O–H groups in total. The molecular formula is C22H27NO4. The van der Waals surface area contributed by atoms with Crippen molar-refractivity contribution in [3.8, 4) is 11.5 Å². The lowest BCUT2D eigenvalue weighted by Crippen LogP contribution is -2.30. The molecule has 1 atom stereocenters. The SMILES string of the molecule is COc1cc(C(C)=O)ccc1OC(C)C(=O)Nc1ccc(C(C)(C)C)cc1. The zero-order valence-electron chi connectivity index (χ0n) is 16.8. The molecule has 144 valence electrons. The van der Waals surface area contributed by atoms with Crippen LogP contribution in [-0.4, -0.2) is 24.9 Å². The number of anilines is 1. The molecule has 2 aromatic rings. The van der Waals surface area contributed by atoms with Gasteiger partial charge < -0.3 is 14.8 Å². The van der Waals surface area contributed by atoms with E-state index in [0.717, 1.165) is 0 Å². The quantitative estimate of drug-likeness (QED) is 0.756. The van der Waals surface area contributed by atoms with E-state index in [1.54, 1.807) is 25.1 Å². The van der Waals surface area contributed by atoms with E-state index in [1.807, 2.05) is 24.3 Å². The van der Waals surface area contributed by atoms with Crippen molar-refractivity contribution in [1.29, 1.82) is 0 Å². The summed E-state index contributed by atoms with van der Waals surface area (Å²) < 4.78 is 11.0. The van der Waals surface area contributed by atoms with Crippen LogP contribution in [0.4, 0.5) is 5.69 Å². The number of ketones is 1. The summed E-state index contributed by atoms with van der Waals surface area (Å²) in [5, 5.41) is 2.85. The summed E-state index contributed by atoms with van der Waals surface area (Å²) in [6.45, 7) is 9.57. The van der Waals surface area contributed by atoms with Crippen LogP contribution in [0.15, 0.2) is 42.5 Å². The largest absolute Gasteiger partial charge is 0.493 e. The van der Waals surface area contributed by atoms with Gasteiger partial charge in [0.2, 0.25) is 0 Å². The Morgan fingerprint density at radius 1 is 1.00 bits per heavy atom. The fourth-order valence-electron chi connectivity index (χ4n) is 2.53. The summed E-state index contributed by atoms with van der Waals surface area (Å²) in [6.07, 6.45) is -0.732. The maximum absolute atomic E-state index is 12.4. The first-order valence-electron chi connectivity index (χ1n) is 8.89. The maximum Gasteiger partial charge on any atom is 0.265 e. The number of carbonyl (C=O) groups is 2. The van der Waals surface area contributed by atoms with Crippen LogP contribution in [0.25, 0.3) is 0 Å². The molecule has 1 unspecified atom stereocenters. The molecule has 5 heteroatoms. The Bertz CT molecular complexity index is 819. The number of hydrogen-bond acceptors (Lipinski definition) is 4. The third-order valence-corrected chi connectivity index (χ3v) is 4.26.